The molecule has 0 spiro atoms. The van der Waals surface area contributed by atoms with Crippen LogP contribution in [0, 0.1) is 0 Å². The number of benzene rings is 3. The molecule has 1 saturated heterocycles. The molecule has 3 aromatic carbocycles. The normalized spacial score (nSPS) is 14.2. The van der Waals surface area contributed by atoms with Crippen LogP contribution >= 0.6 is 11.6 Å². The predicted molar refractivity (Wildman–Crippen MR) is 126 cm³/mol. The van der Waals surface area contributed by atoms with Crippen LogP contribution in [0.25, 0.3) is 0 Å². The van der Waals surface area contributed by atoms with Crippen LogP contribution in [0.3, 0.4) is 0 Å². The summed E-state index contributed by atoms with van der Waals surface area (Å²) in [7, 11) is 1.64. The van der Waals surface area contributed by atoms with Crippen molar-refractivity contribution in [1.82, 2.24) is 9.80 Å². The zero-order chi connectivity index (χ0) is 22.3. The average Bonchev–Trinajstić information content (AvgIpc) is 2.83. The molecule has 0 unspecified atom stereocenters. The van der Waals surface area contributed by atoms with E-state index in [1.165, 1.54) is 5.56 Å². The van der Waals surface area contributed by atoms with Crippen molar-refractivity contribution >= 4 is 17.5 Å². The number of hydrogen-bond donors (Lipinski definition) is 0. The van der Waals surface area contributed by atoms with Crippen molar-refractivity contribution in [3.05, 3.63) is 94.5 Å². The van der Waals surface area contributed by atoms with Crippen LogP contribution in [0.4, 0.5) is 0 Å². The van der Waals surface area contributed by atoms with Gasteiger partial charge in [-0.3, -0.25) is 9.69 Å². The van der Waals surface area contributed by atoms with E-state index >= 15 is 0 Å². The smallest absolute Gasteiger partial charge is 0.253 e. The van der Waals surface area contributed by atoms with E-state index in [4.69, 9.17) is 21.1 Å². The Labute approximate surface area is 194 Å². The standard InChI is InChI=1S/C26H27ClN2O3/c1-31-24-9-11-25(12-10-24)32-19-20-5-7-22(8-6-20)26(30)29-15-13-28(14-16-29)18-21-3-2-4-23(27)17-21/h2-12,17H,13-16,18-19H2,1H3. The van der Waals surface area contributed by atoms with Gasteiger partial charge >= 0.3 is 0 Å². The second kappa shape index (κ2) is 10.5. The fraction of sp³-hybridized carbons (Fsp3) is 0.269. The van der Waals surface area contributed by atoms with Gasteiger partial charge in [-0.2, -0.15) is 0 Å². The number of nitrogens with zero attached hydrogens (tertiary/aromatic N) is 2. The first-order valence-electron chi connectivity index (χ1n) is 10.7. The number of hydrogen-bond acceptors (Lipinski definition) is 4. The maximum absolute atomic E-state index is 12.9. The van der Waals surface area contributed by atoms with Gasteiger partial charge in [0.15, 0.2) is 0 Å². The second-order valence-electron chi connectivity index (χ2n) is 7.86. The first kappa shape index (κ1) is 22.2. The molecule has 1 aliphatic rings. The van der Waals surface area contributed by atoms with Crippen molar-refractivity contribution < 1.29 is 14.3 Å². The van der Waals surface area contributed by atoms with Crippen LogP contribution in [-0.4, -0.2) is 49.0 Å². The topological polar surface area (TPSA) is 42.0 Å². The minimum atomic E-state index is 0.0787. The average molecular weight is 451 g/mol. The Morgan fingerprint density at radius 1 is 0.875 bits per heavy atom. The van der Waals surface area contributed by atoms with Crippen LogP contribution in [-0.2, 0) is 13.2 Å². The monoisotopic (exact) mass is 450 g/mol. The van der Waals surface area contributed by atoms with Gasteiger partial charge in [0, 0.05) is 43.3 Å². The first-order valence-corrected chi connectivity index (χ1v) is 11.1. The fourth-order valence-electron chi connectivity index (χ4n) is 3.77. The summed E-state index contributed by atoms with van der Waals surface area (Å²) in [6.45, 7) is 4.45. The highest BCUT2D eigenvalue weighted by Crippen LogP contribution is 2.19. The lowest BCUT2D eigenvalue weighted by molar-refractivity contribution is 0.0628. The molecule has 1 aliphatic heterocycles. The van der Waals surface area contributed by atoms with Gasteiger partial charge in [0.05, 0.1) is 7.11 Å². The third-order valence-electron chi connectivity index (χ3n) is 5.62. The second-order valence-corrected chi connectivity index (χ2v) is 8.30. The summed E-state index contributed by atoms with van der Waals surface area (Å²) in [6, 6.07) is 23.1. The lowest BCUT2D eigenvalue weighted by Crippen LogP contribution is -2.48. The molecule has 32 heavy (non-hydrogen) atoms. The molecule has 0 bridgehead atoms. The Morgan fingerprint density at radius 3 is 2.22 bits per heavy atom. The first-order chi connectivity index (χ1) is 15.6. The van der Waals surface area contributed by atoms with E-state index in [0.717, 1.165) is 54.8 Å². The van der Waals surface area contributed by atoms with Gasteiger partial charge < -0.3 is 14.4 Å². The highest BCUT2D eigenvalue weighted by molar-refractivity contribution is 6.30. The molecule has 5 nitrogen and oxygen atoms in total. The third-order valence-corrected chi connectivity index (χ3v) is 5.86. The summed E-state index contributed by atoms with van der Waals surface area (Å²) in [5, 5.41) is 0.758. The maximum atomic E-state index is 12.9. The lowest BCUT2D eigenvalue weighted by Gasteiger charge is -2.34. The number of ether oxygens (including phenoxy) is 2. The lowest BCUT2D eigenvalue weighted by atomic mass is 10.1. The number of piperazine rings is 1. The number of rotatable bonds is 7. The van der Waals surface area contributed by atoms with Crippen LogP contribution in [0.5, 0.6) is 11.5 Å². The maximum Gasteiger partial charge on any atom is 0.253 e. The Hall–Kier alpha value is -3.02. The number of carbonyl (C=O) groups excluding carboxylic acids is 1. The summed E-state index contributed by atoms with van der Waals surface area (Å²) in [5.41, 5.74) is 2.93. The summed E-state index contributed by atoms with van der Waals surface area (Å²) >= 11 is 6.08. The van der Waals surface area contributed by atoms with Crippen molar-refractivity contribution in [3.8, 4) is 11.5 Å². The summed E-state index contributed by atoms with van der Waals surface area (Å²) in [5.74, 6) is 1.65. The fourth-order valence-corrected chi connectivity index (χ4v) is 3.98. The van der Waals surface area contributed by atoms with Gasteiger partial charge in [-0.05, 0) is 59.7 Å². The highest BCUT2D eigenvalue weighted by Gasteiger charge is 2.22. The quantitative estimate of drug-likeness (QED) is 0.514. The van der Waals surface area contributed by atoms with Crippen molar-refractivity contribution in [2.45, 2.75) is 13.2 Å². The van der Waals surface area contributed by atoms with Crippen molar-refractivity contribution in [1.29, 1.82) is 0 Å². The molecule has 0 atom stereocenters. The molecule has 0 aliphatic carbocycles. The van der Waals surface area contributed by atoms with Crippen LogP contribution < -0.4 is 9.47 Å². The molecule has 6 heteroatoms. The SMILES string of the molecule is COc1ccc(OCc2ccc(C(=O)N3CCN(Cc4cccc(Cl)c4)CC3)cc2)cc1. The largest absolute Gasteiger partial charge is 0.497 e. The van der Waals surface area contributed by atoms with Gasteiger partial charge in [-0.25, -0.2) is 0 Å². The molecule has 0 aromatic heterocycles. The Balaban J connectivity index is 1.26. The zero-order valence-electron chi connectivity index (χ0n) is 18.2. The number of methoxy groups -OCH3 is 1. The summed E-state index contributed by atoms with van der Waals surface area (Å²) in [6.07, 6.45) is 0. The summed E-state index contributed by atoms with van der Waals surface area (Å²) < 4.78 is 11.0. The van der Waals surface area contributed by atoms with Crippen molar-refractivity contribution in [3.63, 3.8) is 0 Å². The molecule has 3 aromatic rings. The van der Waals surface area contributed by atoms with Crippen LogP contribution in [0.15, 0.2) is 72.8 Å². The molecule has 1 amide bonds. The number of halogens is 1. The van der Waals surface area contributed by atoms with E-state index in [-0.39, 0.29) is 5.91 Å². The van der Waals surface area contributed by atoms with Gasteiger partial charge in [0.1, 0.15) is 18.1 Å². The van der Waals surface area contributed by atoms with E-state index in [2.05, 4.69) is 11.0 Å². The molecule has 0 radical (unpaired) electrons. The highest BCUT2D eigenvalue weighted by atomic mass is 35.5. The molecule has 1 heterocycles. The molecule has 0 saturated carbocycles. The summed E-state index contributed by atoms with van der Waals surface area (Å²) in [4.78, 5) is 17.2. The zero-order valence-corrected chi connectivity index (χ0v) is 18.9. The number of amides is 1. The van der Waals surface area contributed by atoms with E-state index in [0.29, 0.717) is 12.2 Å². The Bertz CT molecular complexity index is 1030. The molecular weight excluding hydrogens is 424 g/mol. The minimum Gasteiger partial charge on any atom is -0.497 e. The molecule has 166 valence electrons. The van der Waals surface area contributed by atoms with E-state index in [9.17, 15) is 4.79 Å². The Kier molecular flexibility index (Phi) is 7.30. The van der Waals surface area contributed by atoms with E-state index < -0.39 is 0 Å². The molecule has 0 N–H and O–H groups in total. The molecular formula is C26H27ClN2O3. The van der Waals surface area contributed by atoms with Crippen molar-refractivity contribution in [2.24, 2.45) is 0 Å². The van der Waals surface area contributed by atoms with Crippen LogP contribution in [0.2, 0.25) is 5.02 Å². The third kappa shape index (κ3) is 5.81. The molecule has 4 rings (SSSR count). The number of carbonyl (C=O) groups is 1. The Morgan fingerprint density at radius 2 is 1.56 bits per heavy atom. The van der Waals surface area contributed by atoms with Gasteiger partial charge in [0.2, 0.25) is 0 Å². The van der Waals surface area contributed by atoms with Gasteiger partial charge in [-0.15, -0.1) is 0 Å². The van der Waals surface area contributed by atoms with Crippen molar-refractivity contribution in [2.75, 3.05) is 33.3 Å². The van der Waals surface area contributed by atoms with Gasteiger partial charge in [0.25, 0.3) is 5.91 Å². The van der Waals surface area contributed by atoms with Gasteiger partial charge in [-0.1, -0.05) is 35.9 Å². The molecule has 1 fully saturated rings. The van der Waals surface area contributed by atoms with Crippen LogP contribution in [0.1, 0.15) is 21.5 Å². The predicted octanol–water partition coefficient (Wildman–Crippen LogP) is 4.89. The van der Waals surface area contributed by atoms with E-state index in [1.54, 1.807) is 7.11 Å². The minimum absolute atomic E-state index is 0.0787. The van der Waals surface area contributed by atoms with E-state index in [1.807, 2.05) is 71.6 Å².